The third-order valence-corrected chi connectivity index (χ3v) is 2.61. The first-order chi connectivity index (χ1) is 7.27. The van der Waals surface area contributed by atoms with Crippen molar-refractivity contribution in [3.05, 3.63) is 35.4 Å². The summed E-state index contributed by atoms with van der Waals surface area (Å²) in [5.74, 6) is 0.934. The lowest BCUT2D eigenvalue weighted by Crippen LogP contribution is -2.72. The predicted octanol–water partition coefficient (Wildman–Crippen LogP) is 1.18. The molecule has 0 unspecified atom stereocenters. The molecule has 82 valence electrons. The molecule has 0 amide bonds. The molecule has 3 heteroatoms. The molecule has 0 saturated heterocycles. The molecule has 0 aliphatic heterocycles. The van der Waals surface area contributed by atoms with Gasteiger partial charge >= 0.3 is 0 Å². The van der Waals surface area contributed by atoms with Crippen LogP contribution >= 0.6 is 11.8 Å². The van der Waals surface area contributed by atoms with Gasteiger partial charge in [0.1, 0.15) is 0 Å². The summed E-state index contributed by atoms with van der Waals surface area (Å²) < 4.78 is 0. The molecule has 0 heterocycles. The van der Waals surface area contributed by atoms with E-state index < -0.39 is 0 Å². The lowest BCUT2D eigenvalue weighted by atomic mass is 10.1. The highest BCUT2D eigenvalue weighted by Crippen LogP contribution is 2.05. The minimum absolute atomic E-state index is 0.670. The second-order valence-electron chi connectivity index (χ2n) is 3.31. The van der Waals surface area contributed by atoms with E-state index in [1.807, 2.05) is 6.92 Å². The quantitative estimate of drug-likeness (QED) is 0.599. The highest BCUT2D eigenvalue weighted by atomic mass is 32.2. The number of aryl methyl sites for hydroxylation is 1. The van der Waals surface area contributed by atoms with Crippen LogP contribution in [-0.4, -0.2) is 24.3 Å². The molecular weight excluding hydrogens is 206 g/mol. The lowest BCUT2D eigenvalue weighted by Gasteiger charge is -1.99. The molecule has 0 spiro atoms. The monoisotopic (exact) mass is 224 g/mol. The second-order valence-corrected chi connectivity index (χ2v) is 4.18. The van der Waals surface area contributed by atoms with Crippen LogP contribution in [0.3, 0.4) is 0 Å². The molecule has 2 nitrogen and oxygen atoms in total. The molecule has 1 aromatic rings. The Labute approximate surface area is 95.7 Å². The van der Waals surface area contributed by atoms with Crippen molar-refractivity contribution < 1.29 is 9.99 Å². The first-order valence-corrected chi connectivity index (χ1v) is 6.47. The Kier molecular flexibility index (Phi) is 5.26. The van der Waals surface area contributed by atoms with E-state index in [9.17, 15) is 0 Å². The van der Waals surface area contributed by atoms with Gasteiger partial charge in [0.2, 0.25) is 5.71 Å². The Morgan fingerprint density at radius 1 is 1.33 bits per heavy atom. The zero-order chi connectivity index (χ0) is 11.1. The van der Waals surface area contributed by atoms with Gasteiger partial charge in [-0.15, -0.1) is 0 Å². The molecule has 0 aromatic heterocycles. The van der Waals surface area contributed by atoms with Crippen molar-refractivity contribution in [2.45, 2.75) is 13.8 Å². The third-order valence-electron chi connectivity index (χ3n) is 2.03. The minimum Gasteiger partial charge on any atom is -0.279 e. The molecule has 1 N–H and O–H groups in total. The molecule has 0 radical (unpaired) electrons. The maximum absolute atomic E-state index is 5.23. The van der Waals surface area contributed by atoms with Crippen molar-refractivity contribution in [3.63, 3.8) is 0 Å². The average molecular weight is 224 g/mol. The lowest BCUT2D eigenvalue weighted by molar-refractivity contribution is -0.752. The van der Waals surface area contributed by atoms with Crippen LogP contribution in [0.25, 0.3) is 0 Å². The van der Waals surface area contributed by atoms with Crippen molar-refractivity contribution in [3.8, 4) is 0 Å². The summed E-state index contributed by atoms with van der Waals surface area (Å²) in [5.41, 5.74) is 3.60. The fourth-order valence-corrected chi connectivity index (χ4v) is 1.74. The zero-order valence-electron chi connectivity index (χ0n) is 9.54. The van der Waals surface area contributed by atoms with Crippen molar-refractivity contribution in [2.75, 3.05) is 18.6 Å². The zero-order valence-corrected chi connectivity index (χ0v) is 10.4. The van der Waals surface area contributed by atoms with E-state index >= 15 is 0 Å². The third kappa shape index (κ3) is 3.96. The molecule has 1 rings (SSSR count). The van der Waals surface area contributed by atoms with Crippen LogP contribution in [0.5, 0.6) is 0 Å². The summed E-state index contributed by atoms with van der Waals surface area (Å²) in [6, 6.07) is 8.46. The Morgan fingerprint density at radius 2 is 2.00 bits per heavy atom. The summed E-state index contributed by atoms with van der Waals surface area (Å²) >= 11 is 1.78. The summed E-state index contributed by atoms with van der Waals surface area (Å²) in [5, 5.41) is 3.00. The first kappa shape index (κ1) is 12.1. The second kappa shape index (κ2) is 6.51. The molecule has 1 aromatic carbocycles. The van der Waals surface area contributed by atoms with Crippen LogP contribution in [0, 0.1) is 6.92 Å². The number of hydrogen-bond acceptors (Lipinski definition) is 2. The number of benzene rings is 1. The highest BCUT2D eigenvalue weighted by molar-refractivity contribution is 7.99. The van der Waals surface area contributed by atoms with Gasteiger partial charge in [0, 0.05) is 5.56 Å². The van der Waals surface area contributed by atoms with Crippen molar-refractivity contribution in [1.82, 2.24) is 0 Å². The molecule has 0 atom stereocenters. The highest BCUT2D eigenvalue weighted by Gasteiger charge is 2.09. The largest absolute Gasteiger partial charge is 0.279 e. The molecule has 0 saturated carbocycles. The maximum atomic E-state index is 5.23. The smallest absolute Gasteiger partial charge is 0.241 e. The Bertz CT molecular complexity index is 319. The van der Waals surface area contributed by atoms with Crippen LogP contribution in [-0.2, 0) is 4.84 Å². The van der Waals surface area contributed by atoms with Crippen molar-refractivity contribution in [1.29, 1.82) is 0 Å². The Hall–Kier alpha value is -0.960. The number of nitrogens with one attached hydrogen (secondary N) is 1. The fourth-order valence-electron chi connectivity index (χ4n) is 1.23. The number of hydrogen-bond donors (Lipinski definition) is 1. The summed E-state index contributed by atoms with van der Waals surface area (Å²) in [6.07, 6.45) is 2.09. The summed E-state index contributed by atoms with van der Waals surface area (Å²) in [4.78, 5) is 5.23. The van der Waals surface area contributed by atoms with E-state index in [2.05, 4.69) is 42.6 Å². The number of rotatable bonds is 5. The standard InChI is InChI=1S/C12H17NOS/c1-4-14-13-12(9-15-3)11-7-5-10(2)6-8-11/h5-8H,4,9H2,1-3H3/p+1/b13-12+. The SMILES string of the molecule is CCO/[NH+]=C(\CSC)c1ccc(C)cc1. The molecular formula is C12H18NOS+. The summed E-state index contributed by atoms with van der Waals surface area (Å²) in [7, 11) is 0. The molecule has 0 aliphatic rings. The van der Waals surface area contributed by atoms with Gasteiger partial charge in [0.25, 0.3) is 0 Å². The average Bonchev–Trinajstić information content (AvgIpc) is 2.25. The van der Waals surface area contributed by atoms with Crippen molar-refractivity contribution in [2.24, 2.45) is 0 Å². The Morgan fingerprint density at radius 3 is 2.53 bits per heavy atom. The van der Waals surface area contributed by atoms with E-state index in [1.165, 1.54) is 11.1 Å². The van der Waals surface area contributed by atoms with Gasteiger partial charge < -0.3 is 0 Å². The van der Waals surface area contributed by atoms with E-state index in [1.54, 1.807) is 11.8 Å². The summed E-state index contributed by atoms with van der Waals surface area (Å²) in [6.45, 7) is 4.73. The minimum atomic E-state index is 0.670. The van der Waals surface area contributed by atoms with Crippen LogP contribution in [0.2, 0.25) is 0 Å². The van der Waals surface area contributed by atoms with Crippen LogP contribution in [0.15, 0.2) is 24.3 Å². The predicted molar refractivity (Wildman–Crippen MR) is 66.3 cm³/mol. The fraction of sp³-hybridized carbons (Fsp3) is 0.417. The van der Waals surface area contributed by atoms with Crippen LogP contribution in [0.4, 0.5) is 0 Å². The normalized spacial score (nSPS) is 11.5. The number of thioether (sulfide) groups is 1. The van der Waals surface area contributed by atoms with E-state index in [4.69, 9.17) is 4.84 Å². The van der Waals surface area contributed by atoms with Gasteiger partial charge in [-0.05, 0) is 37.4 Å². The molecule has 0 fully saturated rings. The van der Waals surface area contributed by atoms with Gasteiger partial charge in [-0.2, -0.15) is 11.8 Å². The molecule has 0 bridgehead atoms. The van der Waals surface area contributed by atoms with E-state index in [-0.39, 0.29) is 0 Å². The van der Waals surface area contributed by atoms with E-state index in [0.29, 0.717) is 6.61 Å². The molecule has 0 aliphatic carbocycles. The van der Waals surface area contributed by atoms with Crippen LogP contribution in [0.1, 0.15) is 18.1 Å². The topological polar surface area (TPSA) is 23.2 Å². The van der Waals surface area contributed by atoms with Gasteiger partial charge in [-0.1, -0.05) is 17.7 Å². The van der Waals surface area contributed by atoms with Gasteiger partial charge in [-0.3, -0.25) is 4.84 Å². The van der Waals surface area contributed by atoms with Gasteiger partial charge in [0.15, 0.2) is 6.61 Å². The van der Waals surface area contributed by atoms with Crippen molar-refractivity contribution >= 4 is 17.5 Å². The van der Waals surface area contributed by atoms with Gasteiger partial charge in [-0.25, -0.2) is 0 Å². The maximum Gasteiger partial charge on any atom is 0.241 e. The first-order valence-electron chi connectivity index (χ1n) is 5.07. The Balaban J connectivity index is 2.83. The van der Waals surface area contributed by atoms with Gasteiger partial charge in [0.05, 0.1) is 5.75 Å². The molecule has 15 heavy (non-hydrogen) atoms. The van der Waals surface area contributed by atoms with E-state index in [0.717, 1.165) is 11.5 Å². The van der Waals surface area contributed by atoms with Crippen LogP contribution < -0.4 is 5.16 Å².